The van der Waals surface area contributed by atoms with Crippen LogP contribution in [0.3, 0.4) is 0 Å². The van der Waals surface area contributed by atoms with Gasteiger partial charge in [0.1, 0.15) is 0 Å². The third-order valence-electron chi connectivity index (χ3n) is 4.85. The summed E-state index contributed by atoms with van der Waals surface area (Å²) in [6.45, 7) is 4.71. The summed E-state index contributed by atoms with van der Waals surface area (Å²) < 4.78 is 27.0. The summed E-state index contributed by atoms with van der Waals surface area (Å²) in [6, 6.07) is 14.0. The number of nitrogens with zero attached hydrogens (tertiary/aromatic N) is 3. The lowest BCUT2D eigenvalue weighted by molar-refractivity contribution is -0.387. The van der Waals surface area contributed by atoms with Crippen LogP contribution in [0.25, 0.3) is 0 Å². The molecule has 144 valence electrons. The van der Waals surface area contributed by atoms with E-state index in [1.165, 1.54) is 39.7 Å². The first kappa shape index (κ1) is 19.5. The molecule has 0 N–H and O–H groups in total. The average molecular weight is 389 g/mol. The van der Waals surface area contributed by atoms with Gasteiger partial charge in [-0.3, -0.25) is 15.0 Å². The topological polar surface area (TPSA) is 83.8 Å². The van der Waals surface area contributed by atoms with Crippen LogP contribution in [0.2, 0.25) is 0 Å². The van der Waals surface area contributed by atoms with E-state index in [-0.39, 0.29) is 10.6 Å². The highest BCUT2D eigenvalue weighted by Crippen LogP contribution is 2.27. The van der Waals surface area contributed by atoms with Gasteiger partial charge in [-0.1, -0.05) is 43.3 Å². The highest BCUT2D eigenvalue weighted by molar-refractivity contribution is 7.89. The minimum Gasteiger partial charge on any atom is -0.296 e. The number of hydrogen-bond acceptors (Lipinski definition) is 5. The lowest BCUT2D eigenvalue weighted by atomic mass is 10.1. The van der Waals surface area contributed by atoms with Crippen molar-refractivity contribution in [3.63, 3.8) is 0 Å². The van der Waals surface area contributed by atoms with Crippen LogP contribution in [0.5, 0.6) is 0 Å². The Morgan fingerprint density at radius 3 is 2.15 bits per heavy atom. The second-order valence-electron chi connectivity index (χ2n) is 6.58. The van der Waals surface area contributed by atoms with Crippen molar-refractivity contribution in [2.45, 2.75) is 24.8 Å². The maximum absolute atomic E-state index is 12.9. The Hall–Kier alpha value is -2.29. The van der Waals surface area contributed by atoms with Gasteiger partial charge in [-0.25, -0.2) is 8.42 Å². The molecular formula is C19H23N3O4S. The van der Waals surface area contributed by atoms with Gasteiger partial charge in [0, 0.05) is 38.8 Å². The largest absolute Gasteiger partial charge is 0.296 e. The van der Waals surface area contributed by atoms with E-state index < -0.39 is 14.9 Å². The van der Waals surface area contributed by atoms with Crippen LogP contribution >= 0.6 is 0 Å². The van der Waals surface area contributed by atoms with E-state index in [0.29, 0.717) is 26.2 Å². The third kappa shape index (κ3) is 4.35. The van der Waals surface area contributed by atoms with Gasteiger partial charge < -0.3 is 0 Å². The number of aryl methyl sites for hydroxylation is 1. The zero-order valence-electron chi connectivity index (χ0n) is 15.2. The number of nitro benzene ring substituents is 1. The Morgan fingerprint density at radius 2 is 1.56 bits per heavy atom. The summed E-state index contributed by atoms with van der Waals surface area (Å²) in [5, 5.41) is 11.2. The molecule has 0 spiro atoms. The van der Waals surface area contributed by atoms with Crippen LogP contribution in [0.4, 0.5) is 5.69 Å². The molecule has 27 heavy (non-hydrogen) atoms. The molecule has 7 nitrogen and oxygen atoms in total. The molecule has 1 heterocycles. The van der Waals surface area contributed by atoms with Gasteiger partial charge in [0.15, 0.2) is 4.90 Å². The summed E-state index contributed by atoms with van der Waals surface area (Å²) >= 11 is 0. The molecule has 0 saturated carbocycles. The molecule has 0 radical (unpaired) electrons. The molecule has 2 aromatic carbocycles. The number of piperazine rings is 1. The van der Waals surface area contributed by atoms with Gasteiger partial charge in [-0.2, -0.15) is 4.31 Å². The van der Waals surface area contributed by atoms with Crippen LogP contribution in [0.1, 0.15) is 18.1 Å². The molecule has 1 aliphatic heterocycles. The standard InChI is InChI=1S/C19H23N3O4S/c1-2-16-7-9-17(10-8-16)15-20-11-13-21(14-12-20)27(25,26)19-6-4-3-5-18(19)22(23)24/h3-10H,2,11-15H2,1H3. The summed E-state index contributed by atoms with van der Waals surface area (Å²) in [5.41, 5.74) is 2.11. The summed E-state index contributed by atoms with van der Waals surface area (Å²) in [6.07, 6.45) is 1.00. The lowest BCUT2D eigenvalue weighted by Gasteiger charge is -2.33. The predicted molar refractivity (Wildman–Crippen MR) is 103 cm³/mol. The predicted octanol–water partition coefficient (Wildman–Crippen LogP) is 2.66. The van der Waals surface area contributed by atoms with Crippen LogP contribution in [0.15, 0.2) is 53.4 Å². The normalized spacial score (nSPS) is 16.3. The molecule has 0 atom stereocenters. The van der Waals surface area contributed by atoms with Crippen LogP contribution < -0.4 is 0 Å². The number of para-hydroxylation sites is 1. The van der Waals surface area contributed by atoms with Crippen molar-refractivity contribution in [2.24, 2.45) is 0 Å². The van der Waals surface area contributed by atoms with Crippen LogP contribution in [0, 0.1) is 10.1 Å². The summed E-state index contributed by atoms with van der Waals surface area (Å²) in [5.74, 6) is 0. The minimum atomic E-state index is -3.88. The highest BCUT2D eigenvalue weighted by atomic mass is 32.2. The van der Waals surface area contributed by atoms with E-state index in [1.807, 2.05) is 0 Å². The molecule has 0 bridgehead atoms. The molecule has 0 aliphatic carbocycles. The zero-order valence-corrected chi connectivity index (χ0v) is 16.1. The van der Waals surface area contributed by atoms with Crippen molar-refractivity contribution in [1.29, 1.82) is 0 Å². The minimum absolute atomic E-state index is 0.237. The smallest absolute Gasteiger partial charge is 0.289 e. The van der Waals surface area contributed by atoms with Crippen molar-refractivity contribution >= 4 is 15.7 Å². The van der Waals surface area contributed by atoms with E-state index in [4.69, 9.17) is 0 Å². The van der Waals surface area contributed by atoms with Gasteiger partial charge >= 0.3 is 0 Å². The number of hydrogen-bond donors (Lipinski definition) is 0. The van der Waals surface area contributed by atoms with E-state index in [9.17, 15) is 18.5 Å². The number of benzene rings is 2. The molecule has 1 saturated heterocycles. The molecule has 0 amide bonds. The van der Waals surface area contributed by atoms with Gasteiger partial charge in [-0.15, -0.1) is 0 Å². The summed E-state index contributed by atoms with van der Waals surface area (Å²) in [7, 11) is -3.88. The van der Waals surface area contributed by atoms with Crippen LogP contribution in [-0.4, -0.2) is 48.7 Å². The van der Waals surface area contributed by atoms with Crippen molar-refractivity contribution in [3.05, 3.63) is 69.8 Å². The molecule has 1 aliphatic rings. The zero-order chi connectivity index (χ0) is 19.4. The lowest BCUT2D eigenvalue weighted by Crippen LogP contribution is -2.48. The van der Waals surface area contributed by atoms with E-state index in [2.05, 4.69) is 36.1 Å². The molecular weight excluding hydrogens is 366 g/mol. The molecule has 8 heteroatoms. The molecule has 3 rings (SSSR count). The van der Waals surface area contributed by atoms with E-state index in [0.717, 1.165) is 13.0 Å². The maximum Gasteiger partial charge on any atom is 0.289 e. The monoisotopic (exact) mass is 389 g/mol. The van der Waals surface area contributed by atoms with Gasteiger partial charge in [0.05, 0.1) is 4.92 Å². The Labute approximate surface area is 159 Å². The Morgan fingerprint density at radius 1 is 0.963 bits per heavy atom. The van der Waals surface area contributed by atoms with Gasteiger partial charge in [0.25, 0.3) is 5.69 Å². The third-order valence-corrected chi connectivity index (χ3v) is 6.79. The highest BCUT2D eigenvalue weighted by Gasteiger charge is 2.33. The second-order valence-corrected chi connectivity index (χ2v) is 8.48. The van der Waals surface area contributed by atoms with Crippen molar-refractivity contribution < 1.29 is 13.3 Å². The number of nitro groups is 1. The molecule has 0 unspecified atom stereocenters. The Kier molecular flexibility index (Phi) is 5.88. The molecule has 2 aromatic rings. The Bertz CT molecular complexity index is 905. The first-order chi connectivity index (χ1) is 12.9. The van der Waals surface area contributed by atoms with Gasteiger partial charge in [-0.05, 0) is 23.6 Å². The number of rotatable bonds is 6. The Balaban J connectivity index is 1.67. The SMILES string of the molecule is CCc1ccc(CN2CCN(S(=O)(=O)c3ccccc3[N+](=O)[O-])CC2)cc1. The fourth-order valence-corrected chi connectivity index (χ4v) is 4.81. The fraction of sp³-hybridized carbons (Fsp3) is 0.368. The molecule has 0 aromatic heterocycles. The average Bonchev–Trinajstić information content (AvgIpc) is 2.69. The van der Waals surface area contributed by atoms with Crippen molar-refractivity contribution in [3.8, 4) is 0 Å². The van der Waals surface area contributed by atoms with E-state index in [1.54, 1.807) is 0 Å². The quantitative estimate of drug-likeness (QED) is 0.560. The van der Waals surface area contributed by atoms with Gasteiger partial charge in [0.2, 0.25) is 10.0 Å². The maximum atomic E-state index is 12.9. The van der Waals surface area contributed by atoms with Crippen molar-refractivity contribution in [2.75, 3.05) is 26.2 Å². The number of sulfonamides is 1. The van der Waals surface area contributed by atoms with Crippen molar-refractivity contribution in [1.82, 2.24) is 9.21 Å². The second kappa shape index (κ2) is 8.16. The first-order valence-electron chi connectivity index (χ1n) is 8.95. The van der Waals surface area contributed by atoms with Crippen LogP contribution in [-0.2, 0) is 23.0 Å². The fourth-order valence-electron chi connectivity index (χ4n) is 3.23. The molecule has 1 fully saturated rings. The first-order valence-corrected chi connectivity index (χ1v) is 10.4. The van der Waals surface area contributed by atoms with E-state index >= 15 is 0 Å². The summed E-state index contributed by atoms with van der Waals surface area (Å²) in [4.78, 5) is 12.5.